The van der Waals surface area contributed by atoms with Gasteiger partial charge in [-0.2, -0.15) is 0 Å². The highest BCUT2D eigenvalue weighted by molar-refractivity contribution is 7.96. The van der Waals surface area contributed by atoms with Gasteiger partial charge in [-0.15, -0.1) is 0 Å². The van der Waals surface area contributed by atoms with E-state index in [1.807, 2.05) is 6.07 Å². The number of Topliss-reactive ketones (excluding diaryl/α,β-unsaturated/α-hetero) is 1. The van der Waals surface area contributed by atoms with Crippen LogP contribution >= 0.6 is 0 Å². The number of sulfone groups is 1. The number of hydrogen-bond donors (Lipinski definition) is 0. The number of carbonyl (C=O) groups excluding carboxylic acids is 1. The van der Waals surface area contributed by atoms with Crippen molar-refractivity contribution < 1.29 is 13.2 Å². The van der Waals surface area contributed by atoms with Gasteiger partial charge in [0.05, 0.1) is 4.90 Å². The monoisotopic (exact) mass is 348 g/mol. The van der Waals surface area contributed by atoms with Gasteiger partial charge < -0.3 is 0 Å². The highest BCUT2D eigenvalue weighted by Gasteiger charge is 2.27. The van der Waals surface area contributed by atoms with Crippen LogP contribution in [-0.2, 0) is 9.84 Å². The molecule has 0 bridgehead atoms. The second-order valence-electron chi connectivity index (χ2n) is 5.43. The van der Waals surface area contributed by atoms with E-state index in [-0.39, 0.29) is 9.80 Å². The van der Waals surface area contributed by atoms with Crippen molar-refractivity contribution in [1.82, 2.24) is 0 Å². The second-order valence-corrected chi connectivity index (χ2v) is 7.35. The van der Waals surface area contributed by atoms with Crippen molar-refractivity contribution in [3.63, 3.8) is 0 Å². The first-order valence-electron chi connectivity index (χ1n) is 7.76. The molecular weight excluding hydrogens is 332 g/mol. The molecule has 0 aromatic heterocycles. The molecule has 25 heavy (non-hydrogen) atoms. The first-order valence-corrected chi connectivity index (χ1v) is 9.24. The summed E-state index contributed by atoms with van der Waals surface area (Å²) >= 11 is 0. The summed E-state index contributed by atoms with van der Waals surface area (Å²) in [7, 11) is -3.94. The Balaban J connectivity index is 2.17. The molecule has 3 aromatic carbocycles. The Kier molecular flexibility index (Phi) is 4.91. The maximum Gasteiger partial charge on any atom is 0.210 e. The first kappa shape index (κ1) is 16.9. The fourth-order valence-corrected chi connectivity index (χ4v) is 3.85. The van der Waals surface area contributed by atoms with Crippen LogP contribution in [0.3, 0.4) is 0 Å². The molecule has 0 amide bonds. The summed E-state index contributed by atoms with van der Waals surface area (Å²) in [6.07, 6.45) is 1.43. The normalized spacial score (nSPS) is 11.9. The number of rotatable bonds is 5. The zero-order valence-electron chi connectivity index (χ0n) is 13.4. The fraction of sp³-hybridized carbons (Fsp3) is 0. The average Bonchev–Trinajstić information content (AvgIpc) is 2.67. The van der Waals surface area contributed by atoms with Gasteiger partial charge in [0, 0.05) is 5.56 Å². The molecule has 0 unspecified atom stereocenters. The van der Waals surface area contributed by atoms with Crippen LogP contribution in [0.5, 0.6) is 0 Å². The predicted molar refractivity (Wildman–Crippen MR) is 98.8 cm³/mol. The largest absolute Gasteiger partial charge is 0.288 e. The Morgan fingerprint density at radius 2 is 1.16 bits per heavy atom. The van der Waals surface area contributed by atoms with E-state index in [9.17, 15) is 13.2 Å². The summed E-state index contributed by atoms with van der Waals surface area (Å²) in [5.74, 6) is -0.520. The van der Waals surface area contributed by atoms with E-state index in [1.54, 1.807) is 72.8 Å². The van der Waals surface area contributed by atoms with E-state index < -0.39 is 15.6 Å². The quantitative estimate of drug-likeness (QED) is 0.508. The molecule has 4 heteroatoms. The van der Waals surface area contributed by atoms with Crippen molar-refractivity contribution in [3.05, 3.63) is 107 Å². The Morgan fingerprint density at radius 1 is 0.680 bits per heavy atom. The third-order valence-corrected chi connectivity index (χ3v) is 5.48. The van der Waals surface area contributed by atoms with E-state index in [1.165, 1.54) is 18.2 Å². The molecule has 0 heterocycles. The van der Waals surface area contributed by atoms with Gasteiger partial charge in [-0.05, 0) is 23.8 Å². The van der Waals surface area contributed by atoms with Crippen molar-refractivity contribution in [2.45, 2.75) is 4.90 Å². The molecule has 0 aliphatic rings. The Bertz CT molecular complexity index is 991. The van der Waals surface area contributed by atoms with E-state index >= 15 is 0 Å². The lowest BCUT2D eigenvalue weighted by atomic mass is 10.1. The minimum absolute atomic E-state index is 0.0986. The van der Waals surface area contributed by atoms with Crippen LogP contribution in [0.2, 0.25) is 0 Å². The maximum absolute atomic E-state index is 13.1. The van der Waals surface area contributed by atoms with Gasteiger partial charge in [0.25, 0.3) is 0 Å². The molecule has 3 rings (SSSR count). The molecular formula is C21H16O3S. The van der Waals surface area contributed by atoms with Gasteiger partial charge >= 0.3 is 0 Å². The highest BCUT2D eigenvalue weighted by atomic mass is 32.2. The van der Waals surface area contributed by atoms with Gasteiger partial charge in [-0.3, -0.25) is 4.79 Å². The molecule has 0 saturated heterocycles. The summed E-state index contributed by atoms with van der Waals surface area (Å²) < 4.78 is 26.1. The van der Waals surface area contributed by atoms with E-state index in [0.717, 1.165) is 0 Å². The number of carbonyl (C=O) groups is 1. The zero-order valence-corrected chi connectivity index (χ0v) is 14.2. The third-order valence-electron chi connectivity index (χ3n) is 3.70. The standard InChI is InChI=1S/C21H16O3S/c22-21(18-12-6-2-7-13-18)20(16-17-10-4-1-5-11-17)25(23,24)19-14-8-3-9-15-19/h1-16H/b20-16+. The lowest BCUT2D eigenvalue weighted by molar-refractivity contribution is 0.104. The molecule has 3 nitrogen and oxygen atoms in total. The summed E-state index contributed by atoms with van der Waals surface area (Å²) in [5, 5.41) is 0. The fourth-order valence-electron chi connectivity index (χ4n) is 2.42. The van der Waals surface area contributed by atoms with Gasteiger partial charge in [0.1, 0.15) is 4.91 Å². The summed E-state index contributed by atoms with van der Waals surface area (Å²) in [6.45, 7) is 0. The van der Waals surface area contributed by atoms with Crippen molar-refractivity contribution in [1.29, 1.82) is 0 Å². The van der Waals surface area contributed by atoms with Crippen molar-refractivity contribution in [3.8, 4) is 0 Å². The van der Waals surface area contributed by atoms with Crippen molar-refractivity contribution in [2.75, 3.05) is 0 Å². The Labute approximate surface area is 147 Å². The maximum atomic E-state index is 13.1. The van der Waals surface area contributed by atoms with Gasteiger partial charge in [0.15, 0.2) is 0 Å². The molecule has 0 spiro atoms. The van der Waals surface area contributed by atoms with Crippen LogP contribution in [0, 0.1) is 0 Å². The average molecular weight is 348 g/mol. The molecule has 0 N–H and O–H groups in total. The van der Waals surface area contributed by atoms with Crippen molar-refractivity contribution >= 4 is 21.7 Å². The van der Waals surface area contributed by atoms with Crippen LogP contribution < -0.4 is 0 Å². The number of benzene rings is 3. The van der Waals surface area contributed by atoms with Gasteiger partial charge in [-0.1, -0.05) is 78.9 Å². The number of hydrogen-bond acceptors (Lipinski definition) is 3. The number of ketones is 1. The molecule has 0 aliphatic carbocycles. The highest BCUT2D eigenvalue weighted by Crippen LogP contribution is 2.25. The first-order chi connectivity index (χ1) is 12.1. The van der Waals surface area contributed by atoms with Crippen molar-refractivity contribution in [2.24, 2.45) is 0 Å². The van der Waals surface area contributed by atoms with Crippen LogP contribution in [-0.4, -0.2) is 14.2 Å². The van der Waals surface area contributed by atoms with Gasteiger partial charge in [0.2, 0.25) is 15.6 Å². The zero-order chi connectivity index (χ0) is 17.7. The Hall–Kier alpha value is -2.98. The lowest BCUT2D eigenvalue weighted by Crippen LogP contribution is -2.14. The van der Waals surface area contributed by atoms with E-state index in [2.05, 4.69) is 0 Å². The van der Waals surface area contributed by atoms with E-state index in [4.69, 9.17) is 0 Å². The van der Waals surface area contributed by atoms with E-state index in [0.29, 0.717) is 11.1 Å². The molecule has 0 radical (unpaired) electrons. The second kappa shape index (κ2) is 7.28. The predicted octanol–water partition coefficient (Wildman–Crippen LogP) is 4.38. The molecule has 124 valence electrons. The molecule has 3 aromatic rings. The summed E-state index contributed by atoms with van der Waals surface area (Å²) in [4.78, 5) is 12.8. The third kappa shape index (κ3) is 3.75. The molecule has 0 fully saturated rings. The molecule has 0 aliphatic heterocycles. The smallest absolute Gasteiger partial charge is 0.210 e. The van der Waals surface area contributed by atoms with Crippen LogP contribution in [0.25, 0.3) is 6.08 Å². The summed E-state index contributed by atoms with van der Waals surface area (Å²) in [5.41, 5.74) is 0.991. The van der Waals surface area contributed by atoms with Crippen LogP contribution in [0.15, 0.2) is 101 Å². The minimum Gasteiger partial charge on any atom is -0.288 e. The van der Waals surface area contributed by atoms with Crippen LogP contribution in [0.4, 0.5) is 0 Å². The van der Waals surface area contributed by atoms with Gasteiger partial charge in [-0.25, -0.2) is 8.42 Å². The molecule has 0 saturated carbocycles. The topological polar surface area (TPSA) is 51.2 Å². The summed E-state index contributed by atoms with van der Waals surface area (Å²) in [6, 6.07) is 25.4. The van der Waals surface area contributed by atoms with Crippen LogP contribution in [0.1, 0.15) is 15.9 Å². The SMILES string of the molecule is O=C(/C(=C\c1ccccc1)S(=O)(=O)c1ccccc1)c1ccccc1. The minimum atomic E-state index is -3.94. The molecule has 0 atom stereocenters. The Morgan fingerprint density at radius 3 is 1.72 bits per heavy atom. The lowest BCUT2D eigenvalue weighted by Gasteiger charge is -2.09. The number of allylic oxidation sites excluding steroid dienone is 1.